The molecule has 6 heteroatoms. The molecule has 1 aliphatic rings. The number of carbonyl (C=O) groups is 2. The molecule has 1 unspecified atom stereocenters. The molecule has 2 amide bonds. The van der Waals surface area contributed by atoms with Crippen molar-refractivity contribution >= 4 is 34.5 Å². The molecule has 1 fully saturated rings. The Bertz CT molecular complexity index is 1070. The summed E-state index contributed by atoms with van der Waals surface area (Å²) < 4.78 is 0. The standard InChI is InChI=1S/C24H25N3O2S/c1-16(17-8-4-3-5-9-17)27(2)23(28)15-30-22-14-20(24(29)25-18-12-13-18)19-10-6-7-11-21(19)26-22/h3-11,14,16,18H,12-13,15H2,1-2H3,(H,25,29). The SMILES string of the molecule is CC(c1ccccc1)N(C)C(=O)CSc1cc(C(=O)NC2CC2)c2ccccc2n1. The van der Waals surface area contributed by atoms with Gasteiger partial charge in [-0.25, -0.2) is 4.98 Å². The fourth-order valence-electron chi connectivity index (χ4n) is 3.31. The van der Waals surface area contributed by atoms with Crippen molar-refractivity contribution in [1.29, 1.82) is 0 Å². The summed E-state index contributed by atoms with van der Waals surface area (Å²) in [6, 6.07) is 19.7. The highest BCUT2D eigenvalue weighted by atomic mass is 32.2. The summed E-state index contributed by atoms with van der Waals surface area (Å²) >= 11 is 1.37. The second kappa shape index (κ2) is 8.88. The minimum atomic E-state index is -0.0703. The largest absolute Gasteiger partial charge is 0.349 e. The van der Waals surface area contributed by atoms with Crippen LogP contribution in [0.1, 0.15) is 41.7 Å². The van der Waals surface area contributed by atoms with Crippen molar-refractivity contribution in [3.63, 3.8) is 0 Å². The molecule has 0 aliphatic heterocycles. The molecule has 1 aromatic heterocycles. The maximum absolute atomic E-state index is 12.8. The van der Waals surface area contributed by atoms with Crippen LogP contribution in [0.4, 0.5) is 0 Å². The van der Waals surface area contributed by atoms with Gasteiger partial charge in [-0.05, 0) is 37.5 Å². The van der Waals surface area contributed by atoms with Gasteiger partial charge in [0.2, 0.25) is 5.91 Å². The van der Waals surface area contributed by atoms with E-state index >= 15 is 0 Å². The summed E-state index contributed by atoms with van der Waals surface area (Å²) in [6.07, 6.45) is 2.08. The average molecular weight is 420 g/mol. The highest BCUT2D eigenvalue weighted by molar-refractivity contribution is 7.99. The number of para-hydroxylation sites is 1. The molecule has 4 rings (SSSR count). The Morgan fingerprint density at radius 3 is 2.57 bits per heavy atom. The third kappa shape index (κ3) is 4.65. The van der Waals surface area contributed by atoms with Crippen LogP contribution >= 0.6 is 11.8 Å². The number of aromatic nitrogens is 1. The number of pyridine rings is 1. The van der Waals surface area contributed by atoms with Gasteiger partial charge in [-0.15, -0.1) is 0 Å². The lowest BCUT2D eigenvalue weighted by molar-refractivity contribution is -0.128. The van der Waals surface area contributed by atoms with Crippen LogP contribution in [0.3, 0.4) is 0 Å². The van der Waals surface area contributed by atoms with Gasteiger partial charge in [0.15, 0.2) is 0 Å². The number of thioether (sulfide) groups is 1. The Hall–Kier alpha value is -2.86. The van der Waals surface area contributed by atoms with Gasteiger partial charge < -0.3 is 10.2 Å². The predicted molar refractivity (Wildman–Crippen MR) is 121 cm³/mol. The zero-order valence-electron chi connectivity index (χ0n) is 17.2. The summed E-state index contributed by atoms with van der Waals surface area (Å²) in [5.74, 6) is 0.220. The van der Waals surface area contributed by atoms with Crippen molar-refractivity contribution < 1.29 is 9.59 Å². The van der Waals surface area contributed by atoms with Crippen molar-refractivity contribution in [2.24, 2.45) is 0 Å². The lowest BCUT2D eigenvalue weighted by Gasteiger charge is -2.25. The van der Waals surface area contributed by atoms with E-state index in [-0.39, 0.29) is 29.7 Å². The molecule has 1 atom stereocenters. The molecular weight excluding hydrogens is 394 g/mol. The number of nitrogens with one attached hydrogen (secondary N) is 1. The zero-order chi connectivity index (χ0) is 21.1. The first kappa shape index (κ1) is 20.4. The highest BCUT2D eigenvalue weighted by Crippen LogP contribution is 2.27. The number of nitrogens with zero attached hydrogens (tertiary/aromatic N) is 2. The van der Waals surface area contributed by atoms with E-state index in [1.165, 1.54) is 11.8 Å². The van der Waals surface area contributed by atoms with E-state index in [1.807, 2.05) is 68.6 Å². The number of benzene rings is 2. The van der Waals surface area contributed by atoms with Gasteiger partial charge in [-0.3, -0.25) is 9.59 Å². The fraction of sp³-hybridized carbons (Fsp3) is 0.292. The number of amides is 2. The minimum Gasteiger partial charge on any atom is -0.349 e. The third-order valence-corrected chi connectivity index (χ3v) is 6.35. The Morgan fingerprint density at radius 1 is 1.13 bits per heavy atom. The number of fused-ring (bicyclic) bond motifs is 1. The molecule has 0 bridgehead atoms. The summed E-state index contributed by atoms with van der Waals surface area (Å²) in [4.78, 5) is 31.9. The molecule has 1 N–H and O–H groups in total. The first-order valence-corrected chi connectivity index (χ1v) is 11.2. The van der Waals surface area contributed by atoms with Crippen molar-refractivity contribution in [3.05, 3.63) is 71.8 Å². The molecule has 1 heterocycles. The van der Waals surface area contributed by atoms with Gasteiger partial charge in [-0.1, -0.05) is 60.3 Å². The average Bonchev–Trinajstić information content (AvgIpc) is 3.60. The van der Waals surface area contributed by atoms with Crippen LogP contribution in [-0.4, -0.2) is 40.5 Å². The summed E-state index contributed by atoms with van der Waals surface area (Å²) in [7, 11) is 1.82. The van der Waals surface area contributed by atoms with E-state index < -0.39 is 0 Å². The first-order chi connectivity index (χ1) is 14.5. The van der Waals surface area contributed by atoms with Crippen LogP contribution in [0.15, 0.2) is 65.7 Å². The summed E-state index contributed by atoms with van der Waals surface area (Å²) in [6.45, 7) is 2.02. The molecule has 1 saturated carbocycles. The molecule has 3 aromatic rings. The van der Waals surface area contributed by atoms with Crippen LogP contribution in [0.2, 0.25) is 0 Å². The van der Waals surface area contributed by atoms with Crippen molar-refractivity contribution in [2.75, 3.05) is 12.8 Å². The lowest BCUT2D eigenvalue weighted by atomic mass is 10.1. The molecule has 30 heavy (non-hydrogen) atoms. The van der Waals surface area contributed by atoms with Gasteiger partial charge in [0, 0.05) is 18.5 Å². The van der Waals surface area contributed by atoms with Gasteiger partial charge >= 0.3 is 0 Å². The summed E-state index contributed by atoms with van der Waals surface area (Å²) in [5.41, 5.74) is 2.48. The molecule has 5 nitrogen and oxygen atoms in total. The number of rotatable bonds is 7. The van der Waals surface area contributed by atoms with Gasteiger partial charge in [0.25, 0.3) is 5.91 Å². The van der Waals surface area contributed by atoms with Crippen molar-refractivity contribution in [1.82, 2.24) is 15.2 Å². The molecule has 0 spiro atoms. The van der Waals surface area contributed by atoms with Crippen LogP contribution < -0.4 is 5.32 Å². The van der Waals surface area contributed by atoms with Crippen LogP contribution in [0, 0.1) is 0 Å². The van der Waals surface area contributed by atoms with Gasteiger partial charge in [-0.2, -0.15) is 0 Å². The Kier molecular flexibility index (Phi) is 6.04. The van der Waals surface area contributed by atoms with Crippen LogP contribution in [0.25, 0.3) is 10.9 Å². The van der Waals surface area contributed by atoms with Gasteiger partial charge in [0.05, 0.1) is 27.9 Å². The molecular formula is C24H25N3O2S. The van der Waals surface area contributed by atoms with E-state index in [0.717, 1.165) is 29.3 Å². The maximum atomic E-state index is 12.8. The Balaban J connectivity index is 1.49. The monoisotopic (exact) mass is 419 g/mol. The number of hydrogen-bond acceptors (Lipinski definition) is 4. The minimum absolute atomic E-state index is 0.0104. The second-order valence-electron chi connectivity index (χ2n) is 7.65. The van der Waals surface area contributed by atoms with Crippen molar-refractivity contribution in [3.8, 4) is 0 Å². The second-order valence-corrected chi connectivity index (χ2v) is 8.65. The maximum Gasteiger partial charge on any atom is 0.252 e. The molecule has 0 radical (unpaired) electrons. The molecule has 0 saturated heterocycles. The smallest absolute Gasteiger partial charge is 0.252 e. The quantitative estimate of drug-likeness (QED) is 0.575. The van der Waals surface area contributed by atoms with E-state index in [4.69, 9.17) is 0 Å². The van der Waals surface area contributed by atoms with Crippen LogP contribution in [0.5, 0.6) is 0 Å². The molecule has 154 valence electrons. The molecule has 1 aliphatic carbocycles. The van der Waals surface area contributed by atoms with E-state index in [2.05, 4.69) is 10.3 Å². The summed E-state index contributed by atoms with van der Waals surface area (Å²) in [5, 5.41) is 4.57. The van der Waals surface area contributed by atoms with Gasteiger partial charge in [0.1, 0.15) is 0 Å². The Morgan fingerprint density at radius 2 is 1.83 bits per heavy atom. The zero-order valence-corrected chi connectivity index (χ0v) is 18.0. The van der Waals surface area contributed by atoms with E-state index in [1.54, 1.807) is 11.0 Å². The molecule has 2 aromatic carbocycles. The Labute approximate surface area is 180 Å². The van der Waals surface area contributed by atoms with Crippen molar-refractivity contribution in [2.45, 2.75) is 36.9 Å². The third-order valence-electron chi connectivity index (χ3n) is 5.45. The normalized spacial score (nSPS) is 14.3. The number of hydrogen-bond donors (Lipinski definition) is 1. The first-order valence-electron chi connectivity index (χ1n) is 10.2. The van der Waals surface area contributed by atoms with E-state index in [0.29, 0.717) is 10.6 Å². The topological polar surface area (TPSA) is 62.3 Å². The predicted octanol–water partition coefficient (Wildman–Crippen LogP) is 4.44. The fourth-order valence-corrected chi connectivity index (χ4v) is 4.15. The lowest BCUT2D eigenvalue weighted by Crippen LogP contribution is -2.31. The highest BCUT2D eigenvalue weighted by Gasteiger charge is 2.25. The number of carbonyl (C=O) groups excluding carboxylic acids is 2. The van der Waals surface area contributed by atoms with Crippen LogP contribution in [-0.2, 0) is 4.79 Å². The van der Waals surface area contributed by atoms with E-state index in [9.17, 15) is 9.59 Å².